The Bertz CT molecular complexity index is 440. The highest BCUT2D eigenvalue weighted by atomic mass is 35.5. The molecule has 1 aromatic rings. The van der Waals surface area contributed by atoms with Gasteiger partial charge in [0.25, 0.3) is 0 Å². The van der Waals surface area contributed by atoms with E-state index in [9.17, 15) is 4.79 Å². The van der Waals surface area contributed by atoms with Crippen LogP contribution in [0.2, 0.25) is 10.3 Å². The molecule has 1 saturated heterocycles. The van der Waals surface area contributed by atoms with Gasteiger partial charge in [-0.25, -0.2) is 4.98 Å². The van der Waals surface area contributed by atoms with Gasteiger partial charge in [-0.3, -0.25) is 4.79 Å². The second kappa shape index (κ2) is 5.06. The first-order valence-electron chi connectivity index (χ1n) is 5.29. The molecule has 1 amide bonds. The van der Waals surface area contributed by atoms with Crippen LogP contribution in [0.4, 0.5) is 5.82 Å². The van der Waals surface area contributed by atoms with Gasteiger partial charge < -0.3 is 10.2 Å². The third-order valence-electron chi connectivity index (χ3n) is 2.77. The van der Waals surface area contributed by atoms with Crippen molar-refractivity contribution in [2.45, 2.75) is 18.9 Å². The zero-order valence-electron chi connectivity index (χ0n) is 9.28. The Balaban J connectivity index is 2.32. The van der Waals surface area contributed by atoms with Crippen LogP contribution >= 0.6 is 23.2 Å². The summed E-state index contributed by atoms with van der Waals surface area (Å²) in [5.41, 5.74) is 0. The van der Waals surface area contributed by atoms with Crippen molar-refractivity contribution in [1.29, 1.82) is 0 Å². The number of nitrogens with one attached hydrogen (secondary N) is 1. The number of halogens is 2. The van der Waals surface area contributed by atoms with Gasteiger partial charge in [0.2, 0.25) is 11.2 Å². The highest BCUT2D eigenvalue weighted by Crippen LogP contribution is 2.30. The van der Waals surface area contributed by atoms with E-state index in [4.69, 9.17) is 23.2 Å². The predicted molar refractivity (Wildman–Crippen MR) is 66.5 cm³/mol. The number of carbonyl (C=O) groups excluding carboxylic acids is 1. The summed E-state index contributed by atoms with van der Waals surface area (Å²) in [5, 5.41) is 3.18. The largest absolute Gasteiger partial charge is 0.357 e. The number of amides is 1. The number of hydrogen-bond acceptors (Lipinski definition) is 4. The molecule has 0 spiro atoms. The number of rotatable bonds is 2. The van der Waals surface area contributed by atoms with E-state index >= 15 is 0 Å². The molecule has 1 aliphatic rings. The van der Waals surface area contributed by atoms with Crippen LogP contribution in [0.15, 0.2) is 6.20 Å². The molecule has 7 heteroatoms. The van der Waals surface area contributed by atoms with E-state index in [2.05, 4.69) is 15.3 Å². The zero-order chi connectivity index (χ0) is 12.4. The van der Waals surface area contributed by atoms with E-state index in [1.54, 1.807) is 7.05 Å². The van der Waals surface area contributed by atoms with E-state index in [0.29, 0.717) is 10.8 Å². The number of anilines is 1. The second-order valence-corrected chi connectivity index (χ2v) is 4.52. The molecule has 0 aromatic carbocycles. The molecule has 1 unspecified atom stereocenters. The highest BCUT2D eigenvalue weighted by molar-refractivity contribution is 6.33. The molecule has 1 aromatic heterocycles. The predicted octanol–water partition coefficient (Wildman–Crippen LogP) is 1.50. The van der Waals surface area contributed by atoms with Crippen LogP contribution in [-0.4, -0.2) is 35.5 Å². The average molecular weight is 275 g/mol. The lowest BCUT2D eigenvalue weighted by Gasteiger charge is -2.24. The fourth-order valence-corrected chi connectivity index (χ4v) is 2.33. The normalized spacial score (nSPS) is 19.5. The molecule has 1 N–H and O–H groups in total. The van der Waals surface area contributed by atoms with Crippen LogP contribution in [0.3, 0.4) is 0 Å². The van der Waals surface area contributed by atoms with Crippen LogP contribution in [0.5, 0.6) is 0 Å². The minimum absolute atomic E-state index is 0.0340. The number of likely N-dealkylation sites (N-methyl/N-ethyl adjacent to an activating group) is 1. The average Bonchev–Trinajstić information content (AvgIpc) is 2.80. The summed E-state index contributed by atoms with van der Waals surface area (Å²) in [4.78, 5) is 21.5. The molecule has 0 radical (unpaired) electrons. The Kier molecular flexibility index (Phi) is 3.69. The van der Waals surface area contributed by atoms with Gasteiger partial charge in [0.05, 0.1) is 6.20 Å². The van der Waals surface area contributed by atoms with Crippen LogP contribution in [0, 0.1) is 0 Å². The maximum atomic E-state index is 11.7. The van der Waals surface area contributed by atoms with Gasteiger partial charge in [-0.05, 0) is 24.4 Å². The van der Waals surface area contributed by atoms with E-state index in [1.165, 1.54) is 6.20 Å². The lowest BCUT2D eigenvalue weighted by atomic mass is 10.2. The highest BCUT2D eigenvalue weighted by Gasteiger charge is 2.32. The Morgan fingerprint density at radius 3 is 3.06 bits per heavy atom. The lowest BCUT2D eigenvalue weighted by molar-refractivity contribution is -0.121. The Morgan fingerprint density at radius 1 is 1.59 bits per heavy atom. The summed E-state index contributed by atoms with van der Waals surface area (Å²) >= 11 is 11.8. The molecule has 2 heterocycles. The molecule has 1 aliphatic heterocycles. The van der Waals surface area contributed by atoms with Gasteiger partial charge in [-0.1, -0.05) is 11.6 Å². The lowest BCUT2D eigenvalue weighted by Crippen LogP contribution is -2.42. The van der Waals surface area contributed by atoms with Crippen molar-refractivity contribution >= 4 is 34.9 Å². The second-order valence-electron chi connectivity index (χ2n) is 3.78. The van der Waals surface area contributed by atoms with Crippen LogP contribution < -0.4 is 10.2 Å². The Morgan fingerprint density at radius 2 is 2.35 bits per heavy atom. The van der Waals surface area contributed by atoms with Crippen molar-refractivity contribution in [2.75, 3.05) is 18.5 Å². The van der Waals surface area contributed by atoms with Gasteiger partial charge in [0, 0.05) is 13.6 Å². The molecule has 5 nitrogen and oxygen atoms in total. The van der Waals surface area contributed by atoms with Crippen molar-refractivity contribution in [3.05, 3.63) is 16.5 Å². The molecular formula is C10H12Cl2N4O. The number of aromatic nitrogens is 2. The molecular weight excluding hydrogens is 263 g/mol. The molecule has 2 rings (SSSR count). The van der Waals surface area contributed by atoms with Gasteiger partial charge in [0.1, 0.15) is 11.1 Å². The zero-order valence-corrected chi connectivity index (χ0v) is 10.8. The fourth-order valence-electron chi connectivity index (χ4n) is 2.00. The monoisotopic (exact) mass is 274 g/mol. The van der Waals surface area contributed by atoms with E-state index in [0.717, 1.165) is 19.4 Å². The Labute approximate surface area is 109 Å². The standard InChI is InChI=1S/C10H12Cl2N4O/c1-13-9(17)7-3-2-4-16(7)8-6(11)5-14-10(12)15-8/h5,7H,2-4H2,1H3,(H,13,17). The first kappa shape index (κ1) is 12.4. The SMILES string of the molecule is CNC(=O)C1CCCN1c1nc(Cl)ncc1Cl. The first-order valence-corrected chi connectivity index (χ1v) is 6.05. The van der Waals surface area contributed by atoms with Gasteiger partial charge >= 0.3 is 0 Å². The minimum Gasteiger partial charge on any atom is -0.357 e. The van der Waals surface area contributed by atoms with Crippen molar-refractivity contribution < 1.29 is 4.79 Å². The van der Waals surface area contributed by atoms with Gasteiger partial charge in [-0.15, -0.1) is 0 Å². The molecule has 1 atom stereocenters. The summed E-state index contributed by atoms with van der Waals surface area (Å²) in [6.45, 7) is 0.741. The summed E-state index contributed by atoms with van der Waals surface area (Å²) in [5.74, 6) is 0.492. The fraction of sp³-hybridized carbons (Fsp3) is 0.500. The van der Waals surface area contributed by atoms with Crippen molar-refractivity contribution in [3.63, 3.8) is 0 Å². The first-order chi connectivity index (χ1) is 8.13. The van der Waals surface area contributed by atoms with Crippen LogP contribution in [0.1, 0.15) is 12.8 Å². The molecule has 0 saturated carbocycles. The van der Waals surface area contributed by atoms with Gasteiger partial charge in [0.15, 0.2) is 5.82 Å². The molecule has 1 fully saturated rings. The molecule has 0 aliphatic carbocycles. The van der Waals surface area contributed by atoms with Gasteiger partial charge in [-0.2, -0.15) is 4.98 Å². The smallest absolute Gasteiger partial charge is 0.242 e. The molecule has 92 valence electrons. The van der Waals surface area contributed by atoms with Crippen molar-refractivity contribution in [3.8, 4) is 0 Å². The van der Waals surface area contributed by atoms with E-state index < -0.39 is 0 Å². The molecule has 0 bridgehead atoms. The van der Waals surface area contributed by atoms with Crippen LogP contribution in [0.25, 0.3) is 0 Å². The van der Waals surface area contributed by atoms with E-state index in [1.807, 2.05) is 4.90 Å². The van der Waals surface area contributed by atoms with Crippen LogP contribution in [-0.2, 0) is 4.79 Å². The number of carbonyl (C=O) groups is 1. The number of nitrogens with zero attached hydrogens (tertiary/aromatic N) is 3. The molecule has 17 heavy (non-hydrogen) atoms. The summed E-state index contributed by atoms with van der Waals surface area (Å²) in [6.07, 6.45) is 3.17. The summed E-state index contributed by atoms with van der Waals surface area (Å²) in [7, 11) is 1.62. The number of hydrogen-bond donors (Lipinski definition) is 1. The quantitative estimate of drug-likeness (QED) is 0.831. The Hall–Kier alpha value is -1.07. The maximum Gasteiger partial charge on any atom is 0.242 e. The third-order valence-corrected chi connectivity index (χ3v) is 3.22. The van der Waals surface area contributed by atoms with E-state index in [-0.39, 0.29) is 17.2 Å². The topological polar surface area (TPSA) is 58.1 Å². The summed E-state index contributed by atoms with van der Waals surface area (Å²) < 4.78 is 0. The van der Waals surface area contributed by atoms with Crippen molar-refractivity contribution in [1.82, 2.24) is 15.3 Å². The minimum atomic E-state index is -0.233. The third kappa shape index (κ3) is 2.45. The van der Waals surface area contributed by atoms with Crippen molar-refractivity contribution in [2.24, 2.45) is 0 Å². The maximum absolute atomic E-state index is 11.7. The summed E-state index contributed by atoms with van der Waals surface area (Å²) in [6, 6.07) is -0.233.